The summed E-state index contributed by atoms with van der Waals surface area (Å²) in [5, 5.41) is 6.70. The van der Waals surface area contributed by atoms with E-state index in [-0.39, 0.29) is 11.9 Å². The second kappa shape index (κ2) is 6.57. The number of rotatable bonds is 3. The first-order valence-corrected chi connectivity index (χ1v) is 8.35. The Balaban J connectivity index is 1.71. The summed E-state index contributed by atoms with van der Waals surface area (Å²) in [5.41, 5.74) is 2.41. The summed E-state index contributed by atoms with van der Waals surface area (Å²) >= 11 is 5.92. The molecule has 4 nitrogen and oxygen atoms in total. The molecule has 0 N–H and O–H groups in total. The molecule has 0 fully saturated rings. The average molecular weight is 351 g/mol. The van der Waals surface area contributed by atoms with E-state index in [1.165, 1.54) is 5.01 Å². The van der Waals surface area contributed by atoms with Crippen LogP contribution in [0.4, 0.5) is 0 Å². The van der Waals surface area contributed by atoms with E-state index < -0.39 is 0 Å². The van der Waals surface area contributed by atoms with E-state index in [2.05, 4.69) is 5.10 Å². The van der Waals surface area contributed by atoms with E-state index in [1.54, 1.807) is 30.5 Å². The van der Waals surface area contributed by atoms with Crippen molar-refractivity contribution in [2.75, 3.05) is 0 Å². The van der Waals surface area contributed by atoms with Gasteiger partial charge in [-0.05, 0) is 42.0 Å². The quantitative estimate of drug-likeness (QED) is 0.672. The van der Waals surface area contributed by atoms with Crippen LogP contribution in [0.15, 0.2) is 82.5 Å². The van der Waals surface area contributed by atoms with E-state index >= 15 is 0 Å². The first-order chi connectivity index (χ1) is 12.2. The highest BCUT2D eigenvalue weighted by atomic mass is 35.5. The van der Waals surface area contributed by atoms with Gasteiger partial charge in [0.1, 0.15) is 11.8 Å². The molecule has 0 aliphatic carbocycles. The molecule has 1 unspecified atom stereocenters. The van der Waals surface area contributed by atoms with Gasteiger partial charge < -0.3 is 4.42 Å². The number of carbonyl (C=O) groups is 1. The molecule has 0 saturated heterocycles. The van der Waals surface area contributed by atoms with Gasteiger partial charge in [0.15, 0.2) is 0 Å². The third kappa shape index (κ3) is 3.08. The van der Waals surface area contributed by atoms with Gasteiger partial charge in [-0.15, -0.1) is 0 Å². The van der Waals surface area contributed by atoms with Crippen LogP contribution in [0.5, 0.6) is 0 Å². The van der Waals surface area contributed by atoms with Gasteiger partial charge in [0.2, 0.25) is 0 Å². The van der Waals surface area contributed by atoms with Crippen LogP contribution in [0.1, 0.15) is 34.1 Å². The number of halogens is 1. The van der Waals surface area contributed by atoms with Crippen molar-refractivity contribution < 1.29 is 9.21 Å². The van der Waals surface area contributed by atoms with E-state index in [0.717, 1.165) is 17.0 Å². The Morgan fingerprint density at radius 3 is 2.48 bits per heavy atom. The molecule has 2 aromatic carbocycles. The van der Waals surface area contributed by atoms with E-state index in [9.17, 15) is 4.79 Å². The molecule has 1 amide bonds. The first-order valence-electron chi connectivity index (χ1n) is 7.98. The van der Waals surface area contributed by atoms with Crippen LogP contribution >= 0.6 is 11.6 Å². The normalized spacial score (nSPS) is 16.8. The molecule has 1 aliphatic heterocycles. The molecule has 25 heavy (non-hydrogen) atoms. The van der Waals surface area contributed by atoms with Crippen molar-refractivity contribution in [1.29, 1.82) is 0 Å². The molecular formula is C20H15ClN2O2. The number of hydrazone groups is 1. The van der Waals surface area contributed by atoms with Crippen molar-refractivity contribution in [3.63, 3.8) is 0 Å². The van der Waals surface area contributed by atoms with Crippen molar-refractivity contribution in [3.8, 4) is 0 Å². The van der Waals surface area contributed by atoms with Crippen molar-refractivity contribution in [3.05, 3.63) is 94.9 Å². The third-order valence-corrected chi connectivity index (χ3v) is 4.44. The van der Waals surface area contributed by atoms with E-state index in [1.807, 2.05) is 42.5 Å². The maximum Gasteiger partial charge on any atom is 0.274 e. The predicted molar refractivity (Wildman–Crippen MR) is 96.7 cm³/mol. The van der Waals surface area contributed by atoms with Gasteiger partial charge in [0, 0.05) is 17.0 Å². The van der Waals surface area contributed by atoms with Gasteiger partial charge in [0.05, 0.1) is 12.0 Å². The SMILES string of the molecule is O=C(c1ccc(Cl)cc1)N1N=C(c2ccccc2)CC1c1ccco1. The lowest BCUT2D eigenvalue weighted by Crippen LogP contribution is -2.26. The van der Waals surface area contributed by atoms with E-state index in [4.69, 9.17) is 16.0 Å². The molecule has 1 atom stereocenters. The number of carbonyl (C=O) groups excluding carboxylic acids is 1. The second-order valence-electron chi connectivity index (χ2n) is 5.80. The lowest BCUT2D eigenvalue weighted by molar-refractivity contribution is 0.0693. The Morgan fingerprint density at radius 1 is 1.04 bits per heavy atom. The minimum atomic E-state index is -0.256. The molecule has 0 saturated carbocycles. The summed E-state index contributed by atoms with van der Waals surface area (Å²) in [6.45, 7) is 0. The van der Waals surface area contributed by atoms with Crippen LogP contribution in [0, 0.1) is 0 Å². The van der Waals surface area contributed by atoms with Crippen LogP contribution in [0.3, 0.4) is 0 Å². The Hall–Kier alpha value is -2.85. The summed E-state index contributed by atoms with van der Waals surface area (Å²) < 4.78 is 5.55. The minimum Gasteiger partial charge on any atom is -0.467 e. The lowest BCUT2D eigenvalue weighted by Gasteiger charge is -2.19. The Labute approximate surface area is 150 Å². The molecule has 1 aliphatic rings. The fraction of sp³-hybridized carbons (Fsp3) is 0.100. The predicted octanol–water partition coefficient (Wildman–Crippen LogP) is 4.92. The molecule has 0 bridgehead atoms. The summed E-state index contributed by atoms with van der Waals surface area (Å²) in [4.78, 5) is 13.0. The van der Waals surface area contributed by atoms with Gasteiger partial charge in [-0.25, -0.2) is 5.01 Å². The summed E-state index contributed by atoms with van der Waals surface area (Å²) in [6.07, 6.45) is 2.22. The van der Waals surface area contributed by atoms with Gasteiger partial charge in [-0.3, -0.25) is 4.79 Å². The molecule has 124 valence electrons. The van der Waals surface area contributed by atoms with Crippen LogP contribution in [0.25, 0.3) is 0 Å². The van der Waals surface area contributed by atoms with Gasteiger partial charge in [-0.1, -0.05) is 41.9 Å². The smallest absolute Gasteiger partial charge is 0.274 e. The standard InChI is InChI=1S/C20H15ClN2O2/c21-16-10-8-15(9-11-16)20(24)23-18(19-7-4-12-25-19)13-17(22-23)14-5-2-1-3-6-14/h1-12,18H,13H2. The fourth-order valence-electron chi connectivity index (χ4n) is 2.93. The summed E-state index contributed by atoms with van der Waals surface area (Å²) in [7, 11) is 0. The number of hydrogen-bond donors (Lipinski definition) is 0. The number of benzene rings is 2. The van der Waals surface area contributed by atoms with Crippen LogP contribution in [-0.4, -0.2) is 16.6 Å². The largest absolute Gasteiger partial charge is 0.467 e. The zero-order valence-electron chi connectivity index (χ0n) is 13.3. The highest BCUT2D eigenvalue weighted by Crippen LogP contribution is 2.34. The van der Waals surface area contributed by atoms with Crippen molar-refractivity contribution >= 4 is 23.2 Å². The summed E-state index contributed by atoms with van der Waals surface area (Å²) in [5.74, 6) is 0.543. The lowest BCUT2D eigenvalue weighted by atomic mass is 10.0. The highest BCUT2D eigenvalue weighted by molar-refractivity contribution is 6.30. The zero-order chi connectivity index (χ0) is 17.2. The number of nitrogens with zero attached hydrogens (tertiary/aromatic N) is 2. The number of hydrogen-bond acceptors (Lipinski definition) is 3. The Kier molecular flexibility index (Phi) is 4.12. The van der Waals surface area contributed by atoms with Crippen LogP contribution < -0.4 is 0 Å². The number of amides is 1. The molecular weight excluding hydrogens is 336 g/mol. The monoisotopic (exact) mass is 350 g/mol. The minimum absolute atomic E-state index is 0.177. The molecule has 2 heterocycles. The Bertz CT molecular complexity index is 903. The van der Waals surface area contributed by atoms with Crippen molar-refractivity contribution in [1.82, 2.24) is 5.01 Å². The van der Waals surface area contributed by atoms with Crippen LogP contribution in [0.2, 0.25) is 5.02 Å². The van der Waals surface area contributed by atoms with Gasteiger partial charge in [0.25, 0.3) is 5.91 Å². The first kappa shape index (κ1) is 15.7. The highest BCUT2D eigenvalue weighted by Gasteiger charge is 2.35. The zero-order valence-corrected chi connectivity index (χ0v) is 14.1. The summed E-state index contributed by atoms with van der Waals surface area (Å²) in [6, 6.07) is 20.1. The average Bonchev–Trinajstić information content (AvgIpc) is 3.32. The maximum absolute atomic E-state index is 13.0. The Morgan fingerprint density at radius 2 is 1.80 bits per heavy atom. The fourth-order valence-corrected chi connectivity index (χ4v) is 3.06. The van der Waals surface area contributed by atoms with Crippen LogP contribution in [-0.2, 0) is 0 Å². The molecule has 3 aromatic rings. The molecule has 1 aromatic heterocycles. The van der Waals surface area contributed by atoms with Crippen molar-refractivity contribution in [2.45, 2.75) is 12.5 Å². The molecule has 5 heteroatoms. The third-order valence-electron chi connectivity index (χ3n) is 4.19. The molecule has 0 spiro atoms. The van der Waals surface area contributed by atoms with Gasteiger partial charge >= 0.3 is 0 Å². The topological polar surface area (TPSA) is 45.8 Å². The molecule has 0 radical (unpaired) electrons. The van der Waals surface area contributed by atoms with Gasteiger partial charge in [-0.2, -0.15) is 5.10 Å². The maximum atomic E-state index is 13.0. The van der Waals surface area contributed by atoms with Crippen molar-refractivity contribution in [2.24, 2.45) is 5.10 Å². The molecule has 4 rings (SSSR count). The number of furan rings is 1. The van der Waals surface area contributed by atoms with E-state index in [0.29, 0.717) is 17.0 Å². The second-order valence-corrected chi connectivity index (χ2v) is 6.24.